The molecular weight excluding hydrogens is 424 g/mol. The normalized spacial score (nSPS) is 27.5. The van der Waals surface area contributed by atoms with Crippen molar-refractivity contribution >= 4 is 39.5 Å². The zero-order chi connectivity index (χ0) is 23.1. The van der Waals surface area contributed by atoms with Gasteiger partial charge in [0.25, 0.3) is 5.91 Å². The maximum atomic E-state index is 13.8. The van der Waals surface area contributed by atoms with Crippen LogP contribution in [0.2, 0.25) is 5.04 Å². The minimum Gasteiger partial charge on any atom is -0.467 e. The summed E-state index contributed by atoms with van der Waals surface area (Å²) in [5.74, 6) is -0.301. The largest absolute Gasteiger partial charge is 0.467 e. The van der Waals surface area contributed by atoms with E-state index in [-0.39, 0.29) is 16.3 Å². The summed E-state index contributed by atoms with van der Waals surface area (Å²) in [4.78, 5) is 40.4. The van der Waals surface area contributed by atoms with E-state index >= 15 is 0 Å². The van der Waals surface area contributed by atoms with Gasteiger partial charge in [-0.15, -0.1) is 11.8 Å². The first kappa shape index (κ1) is 25.0. The summed E-state index contributed by atoms with van der Waals surface area (Å²) in [5, 5.41) is 2.63. The highest BCUT2D eigenvalue weighted by molar-refractivity contribution is 8.00. The molecule has 0 saturated carbocycles. The third-order valence-corrected chi connectivity index (χ3v) is 8.27. The molecule has 2 heterocycles. The Hall–Kier alpha value is -1.26. The van der Waals surface area contributed by atoms with Crippen LogP contribution in [0.4, 0.5) is 4.79 Å². The predicted molar refractivity (Wildman–Crippen MR) is 119 cm³/mol. The van der Waals surface area contributed by atoms with Crippen molar-refractivity contribution in [2.45, 2.75) is 95.0 Å². The highest BCUT2D eigenvalue weighted by Crippen LogP contribution is 2.48. The van der Waals surface area contributed by atoms with E-state index < -0.39 is 44.6 Å². The van der Waals surface area contributed by atoms with Crippen molar-refractivity contribution in [1.29, 1.82) is 0 Å². The summed E-state index contributed by atoms with van der Waals surface area (Å²) in [6.45, 7) is 15.3. The molecule has 0 radical (unpaired) electrons. The fourth-order valence-electron chi connectivity index (χ4n) is 3.64. The molecule has 1 N–H and O–H groups in total. The first-order valence-electron chi connectivity index (χ1n) is 10.2. The van der Waals surface area contributed by atoms with Crippen molar-refractivity contribution in [2.75, 3.05) is 12.9 Å². The maximum Gasteiger partial charge on any atom is 0.408 e. The van der Waals surface area contributed by atoms with E-state index in [4.69, 9.17) is 13.9 Å². The Morgan fingerprint density at radius 3 is 2.27 bits per heavy atom. The quantitative estimate of drug-likeness (QED) is 0.496. The first-order valence-corrected chi connectivity index (χ1v) is 12.5. The molecule has 2 rings (SSSR count). The standard InChI is InChI=1S/C20H36N2O6SSi/c1-17(2,3)27-16(25)21-20(19(7,8)28-30-18(4,5)6)10-13-22(15(20)24)12(11-29-13)14(23)26-9/h12-13H,10-11,30H2,1-9H3,(H,21,25)/t12-,13-,20+/m0/s1. The minimum absolute atomic E-state index is 0.00545. The molecule has 30 heavy (non-hydrogen) atoms. The van der Waals surface area contributed by atoms with Crippen molar-refractivity contribution in [3.05, 3.63) is 0 Å². The molecule has 0 aromatic heterocycles. The second-order valence-electron chi connectivity index (χ2n) is 10.6. The van der Waals surface area contributed by atoms with Crippen LogP contribution in [0.25, 0.3) is 0 Å². The number of rotatable bonds is 5. The van der Waals surface area contributed by atoms with Crippen molar-refractivity contribution in [1.82, 2.24) is 10.2 Å². The van der Waals surface area contributed by atoms with Crippen molar-refractivity contribution in [3.8, 4) is 0 Å². The van der Waals surface area contributed by atoms with Gasteiger partial charge in [0.05, 0.1) is 18.1 Å². The summed E-state index contributed by atoms with van der Waals surface area (Å²) in [6.07, 6.45) is -0.347. The second-order valence-corrected chi connectivity index (χ2v) is 14.5. The molecule has 2 aliphatic heterocycles. The molecule has 0 aromatic rings. The number of nitrogens with zero attached hydrogens (tertiary/aromatic N) is 1. The highest BCUT2D eigenvalue weighted by Gasteiger charge is 2.65. The number of hydrogen-bond donors (Lipinski definition) is 1. The highest BCUT2D eigenvalue weighted by atomic mass is 32.2. The van der Waals surface area contributed by atoms with Crippen molar-refractivity contribution in [2.24, 2.45) is 0 Å². The van der Waals surface area contributed by atoms with Gasteiger partial charge in [-0.1, -0.05) is 20.8 Å². The maximum absolute atomic E-state index is 13.8. The van der Waals surface area contributed by atoms with Gasteiger partial charge >= 0.3 is 12.1 Å². The molecule has 172 valence electrons. The van der Waals surface area contributed by atoms with Crippen LogP contribution < -0.4 is 5.32 Å². The van der Waals surface area contributed by atoms with Gasteiger partial charge in [0.2, 0.25) is 0 Å². The topological polar surface area (TPSA) is 94.2 Å². The van der Waals surface area contributed by atoms with Gasteiger partial charge in [-0.2, -0.15) is 0 Å². The summed E-state index contributed by atoms with van der Waals surface area (Å²) < 4.78 is 16.7. The van der Waals surface area contributed by atoms with E-state index in [1.807, 2.05) is 13.8 Å². The Morgan fingerprint density at radius 2 is 1.77 bits per heavy atom. The molecule has 2 aliphatic rings. The van der Waals surface area contributed by atoms with E-state index in [0.717, 1.165) is 0 Å². The Morgan fingerprint density at radius 1 is 1.17 bits per heavy atom. The lowest BCUT2D eigenvalue weighted by atomic mass is 9.80. The van der Waals surface area contributed by atoms with Gasteiger partial charge in [-0.3, -0.25) is 4.79 Å². The van der Waals surface area contributed by atoms with Crippen LogP contribution in [0, 0.1) is 0 Å². The monoisotopic (exact) mass is 460 g/mol. The first-order chi connectivity index (χ1) is 13.5. The van der Waals surface area contributed by atoms with Gasteiger partial charge in [-0.05, 0) is 39.7 Å². The van der Waals surface area contributed by atoms with Crippen LogP contribution in [0.15, 0.2) is 0 Å². The SMILES string of the molecule is COC(=O)[C@@H]1CS[C@H]2C[C@](NC(=O)OC(C)(C)C)(C(C)(C)O[SiH2]C(C)(C)C)C(=O)N21. The van der Waals surface area contributed by atoms with E-state index in [1.54, 1.807) is 25.7 Å². The second kappa shape index (κ2) is 8.35. The summed E-state index contributed by atoms with van der Waals surface area (Å²) in [7, 11) is 0.283. The number of fused-ring (bicyclic) bond motifs is 1. The van der Waals surface area contributed by atoms with Crippen LogP contribution in [-0.2, 0) is 23.5 Å². The number of hydrogen-bond acceptors (Lipinski definition) is 7. The Bertz CT molecular complexity index is 702. The number of carbonyl (C=O) groups is 3. The number of alkyl carbamates (subject to hydrolysis) is 1. The molecule has 0 unspecified atom stereocenters. The lowest BCUT2D eigenvalue weighted by molar-refractivity contribution is -0.153. The van der Waals surface area contributed by atoms with Crippen LogP contribution >= 0.6 is 11.8 Å². The molecular formula is C20H36N2O6SSi. The number of thioether (sulfide) groups is 1. The number of nitrogens with one attached hydrogen (secondary N) is 1. The zero-order valence-corrected chi connectivity index (χ0v) is 21.8. The number of methoxy groups -OCH3 is 1. The van der Waals surface area contributed by atoms with Gasteiger partial charge in [0.1, 0.15) is 11.6 Å². The zero-order valence-electron chi connectivity index (χ0n) is 19.6. The van der Waals surface area contributed by atoms with E-state index in [2.05, 4.69) is 26.1 Å². The minimum atomic E-state index is -1.34. The fourth-order valence-corrected chi connectivity index (χ4v) is 6.15. The van der Waals surface area contributed by atoms with Crippen LogP contribution in [0.3, 0.4) is 0 Å². The van der Waals surface area contributed by atoms with E-state index in [1.165, 1.54) is 18.9 Å². The molecule has 0 aromatic carbocycles. The van der Waals surface area contributed by atoms with Gasteiger partial charge in [0, 0.05) is 12.2 Å². The van der Waals surface area contributed by atoms with Crippen LogP contribution in [0.5, 0.6) is 0 Å². The summed E-state index contributed by atoms with van der Waals surface area (Å²) >= 11 is 1.52. The van der Waals surface area contributed by atoms with Gasteiger partial charge in [-0.25, -0.2) is 9.59 Å². The van der Waals surface area contributed by atoms with Gasteiger partial charge < -0.3 is 24.1 Å². The van der Waals surface area contributed by atoms with E-state index in [9.17, 15) is 14.4 Å². The molecule has 8 nitrogen and oxygen atoms in total. The predicted octanol–water partition coefficient (Wildman–Crippen LogP) is 2.19. The smallest absolute Gasteiger partial charge is 0.408 e. The van der Waals surface area contributed by atoms with Gasteiger partial charge in [0.15, 0.2) is 15.3 Å². The number of esters is 1. The number of amides is 2. The molecule has 0 aliphatic carbocycles. The molecule has 10 heteroatoms. The van der Waals surface area contributed by atoms with E-state index in [0.29, 0.717) is 12.2 Å². The lowest BCUT2D eigenvalue weighted by Gasteiger charge is -2.44. The molecule has 0 bridgehead atoms. The van der Waals surface area contributed by atoms with Crippen LogP contribution in [-0.4, -0.2) is 73.7 Å². The van der Waals surface area contributed by atoms with Crippen LogP contribution in [0.1, 0.15) is 61.8 Å². The average Bonchev–Trinajstić information content (AvgIpc) is 3.09. The number of ether oxygens (including phenoxy) is 2. The molecule has 2 fully saturated rings. The Kier molecular flexibility index (Phi) is 6.96. The van der Waals surface area contributed by atoms with Crippen molar-refractivity contribution in [3.63, 3.8) is 0 Å². The summed E-state index contributed by atoms with van der Waals surface area (Å²) in [6, 6.07) is -0.671. The third-order valence-electron chi connectivity index (χ3n) is 5.25. The number of carbonyl (C=O) groups excluding carboxylic acids is 3. The van der Waals surface area contributed by atoms with Crippen molar-refractivity contribution < 1.29 is 28.3 Å². The Labute approximate surface area is 186 Å². The molecule has 2 saturated heterocycles. The molecule has 2 amide bonds. The molecule has 0 spiro atoms. The Balaban J connectivity index is 2.41. The molecule has 3 atom stereocenters. The summed E-state index contributed by atoms with van der Waals surface area (Å²) in [5.41, 5.74) is -3.03. The third kappa shape index (κ3) is 5.13. The fraction of sp³-hybridized carbons (Fsp3) is 0.850. The average molecular weight is 461 g/mol. The lowest BCUT2D eigenvalue weighted by Crippen LogP contribution is -2.68.